The van der Waals surface area contributed by atoms with Crippen molar-refractivity contribution in [2.75, 3.05) is 13.2 Å². The fourth-order valence-corrected chi connectivity index (χ4v) is 3.90. The molecule has 0 bridgehead atoms. The molecule has 2 aliphatic carbocycles. The molecule has 0 saturated heterocycles. The van der Waals surface area contributed by atoms with Gasteiger partial charge < -0.3 is 15.8 Å². The molecule has 2 saturated carbocycles. The average molecular weight is 282 g/mol. The minimum absolute atomic E-state index is 0.149. The van der Waals surface area contributed by atoms with Gasteiger partial charge in [-0.1, -0.05) is 20.3 Å². The lowest BCUT2D eigenvalue weighted by Crippen LogP contribution is -2.69. The van der Waals surface area contributed by atoms with Crippen LogP contribution in [0.15, 0.2) is 0 Å². The summed E-state index contributed by atoms with van der Waals surface area (Å²) in [4.78, 5) is 12.6. The van der Waals surface area contributed by atoms with Crippen LogP contribution < -0.4 is 11.1 Å². The number of hydrogen-bond donors (Lipinski definition) is 2. The van der Waals surface area contributed by atoms with Crippen LogP contribution >= 0.6 is 0 Å². The first kappa shape index (κ1) is 15.8. The van der Waals surface area contributed by atoms with Crippen LogP contribution in [-0.2, 0) is 9.53 Å². The molecule has 2 atom stereocenters. The van der Waals surface area contributed by atoms with Gasteiger partial charge in [0.05, 0.1) is 11.5 Å². The highest BCUT2D eigenvalue weighted by Crippen LogP contribution is 2.57. The van der Waals surface area contributed by atoms with Gasteiger partial charge in [-0.3, -0.25) is 4.79 Å². The van der Waals surface area contributed by atoms with Crippen molar-refractivity contribution >= 4 is 5.91 Å². The highest BCUT2D eigenvalue weighted by molar-refractivity contribution is 5.83. The smallest absolute Gasteiger partial charge is 0.227 e. The molecule has 20 heavy (non-hydrogen) atoms. The van der Waals surface area contributed by atoms with Crippen molar-refractivity contribution in [1.82, 2.24) is 5.32 Å². The van der Waals surface area contributed by atoms with Gasteiger partial charge in [-0.15, -0.1) is 0 Å². The second kappa shape index (κ2) is 6.02. The lowest BCUT2D eigenvalue weighted by Gasteiger charge is -2.61. The average Bonchev–Trinajstić information content (AvgIpc) is 2.38. The van der Waals surface area contributed by atoms with E-state index in [4.69, 9.17) is 10.5 Å². The van der Waals surface area contributed by atoms with E-state index in [1.807, 2.05) is 6.92 Å². The minimum Gasteiger partial charge on any atom is -0.378 e. The lowest BCUT2D eigenvalue weighted by molar-refractivity contribution is -0.178. The summed E-state index contributed by atoms with van der Waals surface area (Å²) < 4.78 is 5.84. The number of ether oxygens (including phenoxy) is 1. The van der Waals surface area contributed by atoms with Crippen molar-refractivity contribution in [3.05, 3.63) is 0 Å². The van der Waals surface area contributed by atoms with Gasteiger partial charge in [0.25, 0.3) is 0 Å². The summed E-state index contributed by atoms with van der Waals surface area (Å²) in [5.74, 6) is 0.149. The number of nitrogens with one attached hydrogen (secondary N) is 1. The van der Waals surface area contributed by atoms with Crippen LogP contribution in [0.5, 0.6) is 0 Å². The molecule has 0 aromatic rings. The first-order chi connectivity index (χ1) is 9.58. The van der Waals surface area contributed by atoms with Crippen LogP contribution in [0.1, 0.15) is 59.3 Å². The van der Waals surface area contributed by atoms with Crippen LogP contribution in [0.3, 0.4) is 0 Å². The van der Waals surface area contributed by atoms with Gasteiger partial charge in [0.1, 0.15) is 0 Å². The largest absolute Gasteiger partial charge is 0.378 e. The monoisotopic (exact) mass is 282 g/mol. The summed E-state index contributed by atoms with van der Waals surface area (Å²) in [6.07, 6.45) is 6.57. The van der Waals surface area contributed by atoms with Gasteiger partial charge in [-0.25, -0.2) is 0 Å². The topological polar surface area (TPSA) is 64.3 Å². The Bertz CT molecular complexity index is 340. The molecule has 4 nitrogen and oxygen atoms in total. The maximum absolute atomic E-state index is 12.6. The van der Waals surface area contributed by atoms with E-state index in [2.05, 4.69) is 19.2 Å². The lowest BCUT2D eigenvalue weighted by atomic mass is 9.51. The number of carbonyl (C=O) groups excluding carboxylic acids is 1. The molecule has 0 heterocycles. The van der Waals surface area contributed by atoms with E-state index in [1.165, 1.54) is 19.3 Å². The Hall–Kier alpha value is -0.610. The zero-order valence-electron chi connectivity index (χ0n) is 13.2. The molecule has 0 aromatic heterocycles. The Kier molecular flexibility index (Phi) is 4.75. The molecule has 4 heteroatoms. The first-order valence-electron chi connectivity index (χ1n) is 8.21. The van der Waals surface area contributed by atoms with Gasteiger partial charge in [-0.05, 0) is 39.0 Å². The molecule has 0 aromatic carbocycles. The van der Waals surface area contributed by atoms with Crippen molar-refractivity contribution in [2.45, 2.75) is 71.4 Å². The molecule has 1 spiro atoms. The molecule has 3 N–H and O–H groups in total. The normalized spacial score (nSPS) is 27.8. The third-order valence-corrected chi connectivity index (χ3v) is 5.97. The summed E-state index contributed by atoms with van der Waals surface area (Å²) in [5.41, 5.74) is 5.71. The molecule has 0 radical (unpaired) electrons. The summed E-state index contributed by atoms with van der Waals surface area (Å²) in [7, 11) is 0. The predicted molar refractivity (Wildman–Crippen MR) is 80.3 cm³/mol. The SMILES string of the molecule is CCOC1CC(NC(=O)C(CC)(CC)CN)C12CCC2. The van der Waals surface area contributed by atoms with E-state index < -0.39 is 0 Å². The van der Waals surface area contributed by atoms with Gasteiger partial charge in [0, 0.05) is 24.6 Å². The van der Waals surface area contributed by atoms with Crippen molar-refractivity contribution in [1.29, 1.82) is 0 Å². The predicted octanol–water partition coefficient (Wildman–Crippen LogP) is 2.22. The standard InChI is InChI=1S/C16H30N2O2/c1-4-15(5-2,11-17)14(19)18-12-10-13(20-6-3)16(12)8-7-9-16/h12-13H,4-11,17H2,1-3H3,(H,18,19). The third kappa shape index (κ3) is 2.27. The maximum Gasteiger partial charge on any atom is 0.227 e. The molecule has 116 valence electrons. The molecular formula is C16H30N2O2. The second-order valence-corrected chi connectivity index (χ2v) is 6.48. The number of nitrogens with two attached hydrogens (primary N) is 1. The third-order valence-electron chi connectivity index (χ3n) is 5.97. The molecular weight excluding hydrogens is 252 g/mol. The van der Waals surface area contributed by atoms with Crippen molar-refractivity contribution in [3.8, 4) is 0 Å². The highest BCUT2D eigenvalue weighted by Gasteiger charge is 2.59. The Morgan fingerprint density at radius 3 is 2.40 bits per heavy atom. The zero-order valence-corrected chi connectivity index (χ0v) is 13.2. The first-order valence-corrected chi connectivity index (χ1v) is 8.21. The van der Waals surface area contributed by atoms with Gasteiger partial charge in [0.2, 0.25) is 5.91 Å². The van der Waals surface area contributed by atoms with Crippen molar-refractivity contribution in [2.24, 2.45) is 16.6 Å². The van der Waals surface area contributed by atoms with Gasteiger partial charge >= 0.3 is 0 Å². The van der Waals surface area contributed by atoms with E-state index in [1.54, 1.807) is 0 Å². The van der Waals surface area contributed by atoms with Crippen LogP contribution in [0.4, 0.5) is 0 Å². The number of hydrogen-bond acceptors (Lipinski definition) is 3. The number of amides is 1. The summed E-state index contributed by atoms with van der Waals surface area (Å²) >= 11 is 0. The molecule has 2 rings (SSSR count). The van der Waals surface area contributed by atoms with E-state index in [0.29, 0.717) is 18.7 Å². The van der Waals surface area contributed by atoms with E-state index >= 15 is 0 Å². The summed E-state index contributed by atoms with van der Waals surface area (Å²) in [6, 6.07) is 0.296. The zero-order chi connectivity index (χ0) is 14.8. The molecule has 2 aliphatic rings. The van der Waals surface area contributed by atoms with Crippen molar-refractivity contribution in [3.63, 3.8) is 0 Å². The fourth-order valence-electron chi connectivity index (χ4n) is 3.90. The minimum atomic E-state index is -0.387. The summed E-state index contributed by atoms with van der Waals surface area (Å²) in [6.45, 7) is 7.35. The van der Waals surface area contributed by atoms with E-state index in [9.17, 15) is 4.79 Å². The van der Waals surface area contributed by atoms with Crippen LogP contribution in [0, 0.1) is 10.8 Å². The Morgan fingerprint density at radius 2 is 2.00 bits per heavy atom. The quantitative estimate of drug-likeness (QED) is 0.752. The Balaban J connectivity index is 1.99. The van der Waals surface area contributed by atoms with Gasteiger partial charge in [-0.2, -0.15) is 0 Å². The molecule has 1 amide bonds. The Labute approximate surface area is 122 Å². The highest BCUT2D eigenvalue weighted by atomic mass is 16.5. The van der Waals surface area contributed by atoms with Crippen LogP contribution in [0.2, 0.25) is 0 Å². The number of rotatable bonds is 7. The summed E-state index contributed by atoms with van der Waals surface area (Å²) in [5, 5.41) is 3.29. The van der Waals surface area contributed by atoms with Crippen LogP contribution in [-0.4, -0.2) is 31.2 Å². The second-order valence-electron chi connectivity index (χ2n) is 6.48. The van der Waals surface area contributed by atoms with E-state index in [0.717, 1.165) is 25.9 Å². The van der Waals surface area contributed by atoms with E-state index in [-0.39, 0.29) is 16.7 Å². The van der Waals surface area contributed by atoms with Gasteiger partial charge in [0.15, 0.2) is 0 Å². The number of carbonyl (C=O) groups is 1. The molecule has 2 fully saturated rings. The van der Waals surface area contributed by atoms with Crippen molar-refractivity contribution < 1.29 is 9.53 Å². The maximum atomic E-state index is 12.6. The van der Waals surface area contributed by atoms with Crippen LogP contribution in [0.25, 0.3) is 0 Å². The molecule has 0 aliphatic heterocycles. The molecule has 2 unspecified atom stereocenters. The fraction of sp³-hybridized carbons (Fsp3) is 0.938. The Morgan fingerprint density at radius 1 is 1.35 bits per heavy atom.